The highest BCUT2D eigenvalue weighted by atomic mass is 32.2. The number of carbonyl (C=O) groups is 2. The predicted molar refractivity (Wildman–Crippen MR) is 112 cm³/mol. The first-order chi connectivity index (χ1) is 13.6. The number of nitrogens with one attached hydrogen (secondary N) is 1. The molecule has 28 heavy (non-hydrogen) atoms. The summed E-state index contributed by atoms with van der Waals surface area (Å²) in [4.78, 5) is 35.2. The first-order valence-corrected chi connectivity index (χ1v) is 10.2. The summed E-state index contributed by atoms with van der Waals surface area (Å²) in [7, 11) is 0. The van der Waals surface area contributed by atoms with Crippen LogP contribution >= 0.6 is 11.8 Å². The number of hydrogen-bond acceptors (Lipinski definition) is 5. The fourth-order valence-corrected chi connectivity index (χ4v) is 3.97. The normalized spacial score (nSPS) is 13.9. The van der Waals surface area contributed by atoms with Gasteiger partial charge in [-0.3, -0.25) is 9.59 Å². The summed E-state index contributed by atoms with van der Waals surface area (Å²) < 4.78 is 0. The van der Waals surface area contributed by atoms with Gasteiger partial charge in [-0.1, -0.05) is 30.0 Å². The number of carbonyl (C=O) groups excluding carboxylic acids is 2. The van der Waals surface area contributed by atoms with Crippen molar-refractivity contribution in [3.63, 3.8) is 0 Å². The maximum atomic E-state index is 12.4. The minimum atomic E-state index is -0.121. The number of benzene rings is 2. The Balaban J connectivity index is 1.41. The lowest BCUT2D eigenvalue weighted by atomic mass is 10.2. The number of para-hydroxylation sites is 2. The van der Waals surface area contributed by atoms with Crippen LogP contribution in [0, 0.1) is 6.92 Å². The SMILES string of the molecule is Cc1nc2ccccc2nc1SCC(=O)Nc1cccc(N2CCCC2=O)c1. The summed E-state index contributed by atoms with van der Waals surface area (Å²) in [5.74, 6) is 0.245. The second-order valence-corrected chi connectivity index (χ2v) is 7.60. The number of nitrogens with zero attached hydrogens (tertiary/aromatic N) is 3. The Labute approximate surface area is 167 Å². The summed E-state index contributed by atoms with van der Waals surface area (Å²) >= 11 is 1.37. The van der Waals surface area contributed by atoms with E-state index in [-0.39, 0.29) is 17.6 Å². The van der Waals surface area contributed by atoms with Gasteiger partial charge in [-0.2, -0.15) is 0 Å². The predicted octanol–water partition coefficient (Wildman–Crippen LogP) is 3.80. The molecule has 0 radical (unpaired) electrons. The van der Waals surface area contributed by atoms with Crippen LogP contribution in [0.2, 0.25) is 0 Å². The largest absolute Gasteiger partial charge is 0.325 e. The Morgan fingerprint density at radius 2 is 1.93 bits per heavy atom. The van der Waals surface area contributed by atoms with Crippen molar-refractivity contribution >= 4 is 46.0 Å². The average Bonchev–Trinajstić information content (AvgIpc) is 3.12. The van der Waals surface area contributed by atoms with Crippen LogP contribution in [0.5, 0.6) is 0 Å². The molecule has 2 amide bonds. The molecule has 0 atom stereocenters. The minimum absolute atomic E-state index is 0.121. The fraction of sp³-hybridized carbons (Fsp3) is 0.238. The maximum absolute atomic E-state index is 12.4. The second kappa shape index (κ2) is 7.98. The lowest BCUT2D eigenvalue weighted by Crippen LogP contribution is -2.23. The zero-order valence-electron chi connectivity index (χ0n) is 15.5. The smallest absolute Gasteiger partial charge is 0.234 e. The molecule has 1 fully saturated rings. The van der Waals surface area contributed by atoms with Crippen molar-refractivity contribution in [2.45, 2.75) is 24.8 Å². The molecular weight excluding hydrogens is 372 g/mol. The fourth-order valence-electron chi connectivity index (χ4n) is 3.21. The van der Waals surface area contributed by atoms with E-state index in [9.17, 15) is 9.59 Å². The molecule has 0 unspecified atom stereocenters. The van der Waals surface area contributed by atoms with Gasteiger partial charge < -0.3 is 10.2 Å². The van der Waals surface area contributed by atoms with E-state index in [2.05, 4.69) is 15.3 Å². The highest BCUT2D eigenvalue weighted by Crippen LogP contribution is 2.25. The number of anilines is 2. The van der Waals surface area contributed by atoms with E-state index in [0.717, 1.165) is 40.4 Å². The zero-order valence-corrected chi connectivity index (χ0v) is 16.3. The van der Waals surface area contributed by atoms with Gasteiger partial charge in [0.1, 0.15) is 5.03 Å². The summed E-state index contributed by atoms with van der Waals surface area (Å²) in [5.41, 5.74) is 3.99. The van der Waals surface area contributed by atoms with Gasteiger partial charge in [0.15, 0.2) is 0 Å². The molecule has 3 aromatic rings. The number of amides is 2. The van der Waals surface area contributed by atoms with Crippen molar-refractivity contribution in [1.82, 2.24) is 9.97 Å². The van der Waals surface area contributed by atoms with Gasteiger partial charge >= 0.3 is 0 Å². The summed E-state index contributed by atoms with van der Waals surface area (Å²) in [6.45, 7) is 2.63. The van der Waals surface area contributed by atoms with Crippen LogP contribution in [0.3, 0.4) is 0 Å². The highest BCUT2D eigenvalue weighted by Gasteiger charge is 2.21. The lowest BCUT2D eigenvalue weighted by molar-refractivity contribution is -0.117. The highest BCUT2D eigenvalue weighted by molar-refractivity contribution is 8.00. The molecule has 0 spiro atoms. The number of thioether (sulfide) groups is 1. The number of aryl methyl sites for hydroxylation is 1. The summed E-state index contributed by atoms with van der Waals surface area (Å²) in [6.07, 6.45) is 1.46. The Morgan fingerprint density at radius 3 is 2.68 bits per heavy atom. The first-order valence-electron chi connectivity index (χ1n) is 9.16. The van der Waals surface area contributed by atoms with Gasteiger partial charge in [0.25, 0.3) is 0 Å². The molecule has 6 nitrogen and oxygen atoms in total. The number of aromatic nitrogens is 2. The molecular formula is C21H20N4O2S. The van der Waals surface area contributed by atoms with Crippen LogP contribution in [-0.4, -0.2) is 34.1 Å². The topological polar surface area (TPSA) is 75.2 Å². The Bertz CT molecular complexity index is 1050. The van der Waals surface area contributed by atoms with Gasteiger partial charge in [0.05, 0.1) is 22.5 Å². The molecule has 1 saturated heterocycles. The van der Waals surface area contributed by atoms with Crippen molar-refractivity contribution in [2.75, 3.05) is 22.5 Å². The second-order valence-electron chi connectivity index (χ2n) is 6.64. The Hall–Kier alpha value is -2.93. The van der Waals surface area contributed by atoms with Crippen LogP contribution in [0.15, 0.2) is 53.6 Å². The van der Waals surface area contributed by atoms with Crippen LogP contribution in [-0.2, 0) is 9.59 Å². The monoisotopic (exact) mass is 392 g/mol. The molecule has 2 aromatic carbocycles. The standard InChI is InChI=1S/C21H20N4O2S/c1-14-21(24-18-9-3-2-8-17(18)22-14)28-13-19(26)23-15-6-4-7-16(12-15)25-11-5-10-20(25)27/h2-4,6-9,12H,5,10-11,13H2,1H3,(H,23,26). The number of fused-ring (bicyclic) bond motifs is 1. The van der Waals surface area contributed by atoms with Gasteiger partial charge in [0, 0.05) is 24.3 Å². The molecule has 0 saturated carbocycles. The molecule has 0 bridgehead atoms. The molecule has 7 heteroatoms. The number of rotatable bonds is 5. The van der Waals surface area contributed by atoms with Crippen LogP contribution < -0.4 is 10.2 Å². The third-order valence-electron chi connectivity index (χ3n) is 4.56. The molecule has 142 valence electrons. The van der Waals surface area contributed by atoms with E-state index >= 15 is 0 Å². The van der Waals surface area contributed by atoms with Gasteiger partial charge in [-0.15, -0.1) is 0 Å². The van der Waals surface area contributed by atoms with Gasteiger partial charge in [0.2, 0.25) is 11.8 Å². The molecule has 1 aromatic heterocycles. The molecule has 1 aliphatic heterocycles. The third kappa shape index (κ3) is 3.99. The van der Waals surface area contributed by atoms with Crippen molar-refractivity contribution in [3.05, 3.63) is 54.2 Å². The van der Waals surface area contributed by atoms with Gasteiger partial charge in [-0.05, 0) is 43.7 Å². The zero-order chi connectivity index (χ0) is 19.5. The molecule has 1 aliphatic rings. The Kier molecular flexibility index (Phi) is 5.25. The quantitative estimate of drug-likeness (QED) is 0.669. The van der Waals surface area contributed by atoms with Crippen molar-refractivity contribution < 1.29 is 9.59 Å². The third-order valence-corrected chi connectivity index (χ3v) is 5.62. The Morgan fingerprint density at radius 1 is 1.14 bits per heavy atom. The van der Waals surface area contributed by atoms with Gasteiger partial charge in [-0.25, -0.2) is 9.97 Å². The molecule has 2 heterocycles. The van der Waals surface area contributed by atoms with Crippen molar-refractivity contribution in [1.29, 1.82) is 0 Å². The van der Waals surface area contributed by atoms with Crippen LogP contribution in [0.25, 0.3) is 11.0 Å². The summed E-state index contributed by atoms with van der Waals surface area (Å²) in [5, 5.41) is 3.66. The minimum Gasteiger partial charge on any atom is -0.325 e. The van der Waals surface area contributed by atoms with E-state index in [4.69, 9.17) is 0 Å². The van der Waals surface area contributed by atoms with E-state index < -0.39 is 0 Å². The summed E-state index contributed by atoms with van der Waals surface area (Å²) in [6, 6.07) is 15.1. The maximum Gasteiger partial charge on any atom is 0.234 e. The van der Waals surface area contributed by atoms with E-state index in [1.165, 1.54) is 11.8 Å². The number of hydrogen-bond donors (Lipinski definition) is 1. The average molecular weight is 392 g/mol. The lowest BCUT2D eigenvalue weighted by Gasteiger charge is -2.16. The van der Waals surface area contributed by atoms with E-state index in [1.807, 2.05) is 55.5 Å². The molecule has 4 rings (SSSR count). The van der Waals surface area contributed by atoms with E-state index in [1.54, 1.807) is 4.90 Å². The van der Waals surface area contributed by atoms with Crippen LogP contribution in [0.4, 0.5) is 11.4 Å². The van der Waals surface area contributed by atoms with Crippen LogP contribution in [0.1, 0.15) is 18.5 Å². The van der Waals surface area contributed by atoms with Crippen molar-refractivity contribution in [3.8, 4) is 0 Å². The molecule has 0 aliphatic carbocycles. The van der Waals surface area contributed by atoms with Crippen molar-refractivity contribution in [2.24, 2.45) is 0 Å². The first kappa shape index (κ1) is 18.4. The molecule has 1 N–H and O–H groups in total. The van der Waals surface area contributed by atoms with E-state index in [0.29, 0.717) is 12.1 Å².